The summed E-state index contributed by atoms with van der Waals surface area (Å²) in [7, 11) is 2.17. The molecule has 0 aliphatic rings. The van der Waals surface area contributed by atoms with Crippen LogP contribution in [-0.2, 0) is 6.54 Å². The molecule has 1 aromatic carbocycles. The number of aromatic nitrogens is 2. The molecule has 0 amide bonds. The Labute approximate surface area is 120 Å². The van der Waals surface area contributed by atoms with Crippen molar-refractivity contribution in [2.24, 2.45) is 0 Å². The van der Waals surface area contributed by atoms with Gasteiger partial charge >= 0.3 is 0 Å². The Morgan fingerprint density at radius 2 is 2.11 bits per heavy atom. The highest BCUT2D eigenvalue weighted by Crippen LogP contribution is 2.16. The molecule has 0 spiro atoms. The molecule has 1 N–H and O–H groups in total. The first-order valence-electron chi connectivity index (χ1n) is 6.88. The number of nitrogens with one attached hydrogen (secondary N) is 1. The smallest absolute Gasteiger partial charge is 0.178 e. The molecule has 0 atom stereocenters. The van der Waals surface area contributed by atoms with E-state index in [9.17, 15) is 0 Å². The summed E-state index contributed by atoms with van der Waals surface area (Å²) >= 11 is 5.42. The molecule has 0 saturated heterocycles. The van der Waals surface area contributed by atoms with Crippen LogP contribution in [-0.4, -0.2) is 34.1 Å². The molecule has 0 aliphatic carbocycles. The fraction of sp³-hybridized carbons (Fsp3) is 0.533. The normalized spacial score (nSPS) is 11.9. The predicted octanol–water partition coefficient (Wildman–Crippen LogP) is 3.74. The second-order valence-corrected chi connectivity index (χ2v) is 5.92. The number of nitrogens with zero attached hydrogens (tertiary/aromatic N) is 2. The van der Waals surface area contributed by atoms with E-state index in [4.69, 9.17) is 12.2 Å². The summed E-state index contributed by atoms with van der Waals surface area (Å²) in [5, 5.41) is 0. The fourth-order valence-electron chi connectivity index (χ4n) is 2.24. The van der Waals surface area contributed by atoms with Crippen LogP contribution in [0.4, 0.5) is 0 Å². The number of aromatic amines is 1. The molecule has 0 unspecified atom stereocenters. The van der Waals surface area contributed by atoms with Crippen molar-refractivity contribution in [2.45, 2.75) is 39.8 Å². The minimum atomic E-state index is 0.596. The molecule has 2 aromatic rings. The van der Waals surface area contributed by atoms with Gasteiger partial charge < -0.3 is 14.5 Å². The third kappa shape index (κ3) is 3.25. The Morgan fingerprint density at radius 3 is 2.79 bits per heavy atom. The van der Waals surface area contributed by atoms with Gasteiger partial charge in [0.25, 0.3) is 0 Å². The third-order valence-electron chi connectivity index (χ3n) is 3.70. The van der Waals surface area contributed by atoms with Gasteiger partial charge in [-0.1, -0.05) is 6.07 Å². The van der Waals surface area contributed by atoms with Gasteiger partial charge in [-0.05, 0) is 70.7 Å². The molecule has 2 rings (SSSR count). The topological polar surface area (TPSA) is 24.0 Å². The van der Waals surface area contributed by atoms with E-state index in [2.05, 4.69) is 60.5 Å². The largest absolute Gasteiger partial charge is 0.331 e. The van der Waals surface area contributed by atoms with Gasteiger partial charge in [-0.3, -0.25) is 0 Å². The minimum Gasteiger partial charge on any atom is -0.331 e. The number of hydrogen-bond donors (Lipinski definition) is 1. The van der Waals surface area contributed by atoms with Crippen LogP contribution >= 0.6 is 12.2 Å². The molecular formula is C15H23N3S. The maximum Gasteiger partial charge on any atom is 0.178 e. The van der Waals surface area contributed by atoms with Crippen LogP contribution in [0.25, 0.3) is 11.0 Å². The summed E-state index contributed by atoms with van der Waals surface area (Å²) in [6.45, 7) is 8.61. The SMILES string of the molecule is Cc1ccc2c(c1)[nH]c(=S)n2CCCN(C)C(C)C. The van der Waals surface area contributed by atoms with Crippen molar-refractivity contribution in [3.63, 3.8) is 0 Å². The van der Waals surface area contributed by atoms with Crippen molar-refractivity contribution >= 4 is 23.3 Å². The number of aryl methyl sites for hydroxylation is 2. The molecular weight excluding hydrogens is 254 g/mol. The van der Waals surface area contributed by atoms with E-state index in [1.54, 1.807) is 0 Å². The average Bonchev–Trinajstić information content (AvgIpc) is 2.64. The summed E-state index contributed by atoms with van der Waals surface area (Å²) in [6, 6.07) is 7.05. The highest BCUT2D eigenvalue weighted by atomic mass is 32.1. The van der Waals surface area contributed by atoms with E-state index in [-0.39, 0.29) is 0 Å². The fourth-order valence-corrected chi connectivity index (χ4v) is 2.54. The van der Waals surface area contributed by atoms with E-state index >= 15 is 0 Å². The molecule has 0 saturated carbocycles. The second kappa shape index (κ2) is 5.88. The number of benzene rings is 1. The van der Waals surface area contributed by atoms with Gasteiger partial charge in [0.1, 0.15) is 0 Å². The van der Waals surface area contributed by atoms with Gasteiger partial charge in [-0.25, -0.2) is 0 Å². The molecule has 3 nitrogen and oxygen atoms in total. The van der Waals surface area contributed by atoms with Crippen LogP contribution < -0.4 is 0 Å². The van der Waals surface area contributed by atoms with Crippen LogP contribution in [0.1, 0.15) is 25.8 Å². The standard InChI is InChI=1S/C15H23N3S/c1-11(2)17(4)8-5-9-18-14-7-6-12(3)10-13(14)16-15(18)19/h6-7,10-11H,5,8-9H2,1-4H3,(H,16,19). The Kier molecular flexibility index (Phi) is 4.42. The lowest BCUT2D eigenvalue weighted by Gasteiger charge is -2.20. The quantitative estimate of drug-likeness (QED) is 0.842. The summed E-state index contributed by atoms with van der Waals surface area (Å²) in [4.78, 5) is 5.66. The maximum absolute atomic E-state index is 5.42. The van der Waals surface area contributed by atoms with Gasteiger partial charge in [0.2, 0.25) is 0 Å². The number of fused-ring (bicyclic) bond motifs is 1. The number of hydrogen-bond acceptors (Lipinski definition) is 2. The molecule has 1 aromatic heterocycles. The Hall–Kier alpha value is -1.13. The maximum atomic E-state index is 5.42. The van der Waals surface area contributed by atoms with Gasteiger partial charge in [0.05, 0.1) is 11.0 Å². The molecule has 1 heterocycles. The molecule has 0 bridgehead atoms. The van der Waals surface area contributed by atoms with Crippen molar-refractivity contribution in [3.8, 4) is 0 Å². The Morgan fingerprint density at radius 1 is 1.37 bits per heavy atom. The summed E-state index contributed by atoms with van der Waals surface area (Å²) in [5.74, 6) is 0. The monoisotopic (exact) mass is 277 g/mol. The first-order valence-corrected chi connectivity index (χ1v) is 7.29. The predicted molar refractivity (Wildman–Crippen MR) is 84.2 cm³/mol. The number of rotatable bonds is 5. The van der Waals surface area contributed by atoms with Crippen molar-refractivity contribution in [2.75, 3.05) is 13.6 Å². The molecule has 4 heteroatoms. The van der Waals surface area contributed by atoms with E-state index < -0.39 is 0 Å². The Bertz CT molecular complexity index is 609. The van der Waals surface area contributed by atoms with E-state index in [0.717, 1.165) is 29.8 Å². The van der Waals surface area contributed by atoms with Crippen LogP contribution in [0, 0.1) is 11.7 Å². The van der Waals surface area contributed by atoms with E-state index in [1.165, 1.54) is 11.1 Å². The number of imidazole rings is 1. The zero-order valence-corrected chi connectivity index (χ0v) is 13.0. The van der Waals surface area contributed by atoms with Crippen molar-refractivity contribution in [1.29, 1.82) is 0 Å². The van der Waals surface area contributed by atoms with E-state index in [1.807, 2.05) is 0 Å². The van der Waals surface area contributed by atoms with E-state index in [0.29, 0.717) is 6.04 Å². The van der Waals surface area contributed by atoms with Gasteiger partial charge in [-0.2, -0.15) is 0 Å². The lowest BCUT2D eigenvalue weighted by Crippen LogP contribution is -2.27. The first-order chi connectivity index (χ1) is 8.99. The van der Waals surface area contributed by atoms with Crippen molar-refractivity contribution in [3.05, 3.63) is 28.5 Å². The lowest BCUT2D eigenvalue weighted by atomic mass is 10.2. The van der Waals surface area contributed by atoms with Gasteiger partial charge in [-0.15, -0.1) is 0 Å². The molecule has 19 heavy (non-hydrogen) atoms. The second-order valence-electron chi connectivity index (χ2n) is 5.53. The third-order valence-corrected chi connectivity index (χ3v) is 4.03. The molecule has 0 radical (unpaired) electrons. The molecule has 104 valence electrons. The first kappa shape index (κ1) is 14.3. The minimum absolute atomic E-state index is 0.596. The zero-order chi connectivity index (χ0) is 14.0. The van der Waals surface area contributed by atoms with Crippen molar-refractivity contribution < 1.29 is 0 Å². The van der Waals surface area contributed by atoms with Gasteiger partial charge in [0, 0.05) is 12.6 Å². The number of H-pyrrole nitrogens is 1. The summed E-state index contributed by atoms with van der Waals surface area (Å²) < 4.78 is 3.03. The highest BCUT2D eigenvalue weighted by Gasteiger charge is 2.06. The van der Waals surface area contributed by atoms with Crippen LogP contribution in [0.15, 0.2) is 18.2 Å². The van der Waals surface area contributed by atoms with Gasteiger partial charge in [0.15, 0.2) is 4.77 Å². The zero-order valence-electron chi connectivity index (χ0n) is 12.2. The molecule has 0 aliphatic heterocycles. The van der Waals surface area contributed by atoms with Crippen LogP contribution in [0.2, 0.25) is 0 Å². The summed E-state index contributed by atoms with van der Waals surface area (Å²) in [5.41, 5.74) is 3.61. The molecule has 0 fully saturated rings. The highest BCUT2D eigenvalue weighted by molar-refractivity contribution is 7.71. The Balaban J connectivity index is 2.13. The average molecular weight is 277 g/mol. The lowest BCUT2D eigenvalue weighted by molar-refractivity contribution is 0.266. The van der Waals surface area contributed by atoms with Crippen LogP contribution in [0.5, 0.6) is 0 Å². The van der Waals surface area contributed by atoms with Crippen molar-refractivity contribution in [1.82, 2.24) is 14.5 Å². The summed E-state index contributed by atoms with van der Waals surface area (Å²) in [6.07, 6.45) is 1.11. The van der Waals surface area contributed by atoms with Crippen LogP contribution in [0.3, 0.4) is 0 Å².